The molecule has 0 fully saturated rings. The van der Waals surface area contributed by atoms with E-state index in [0.717, 1.165) is 89.9 Å². The molecule has 0 aromatic carbocycles. The molecule has 1 unspecified atom stereocenters. The SMILES string of the molecule is CCC/C=C\C/C=C\CCCCCCCC(=O)OCC(COC(=O)CCCCCCCCCCC/C=C\C/C=C\CCCCC)OC(=O)CCCCCCCCCCCCCCCCCC. The first-order chi connectivity index (χ1) is 32.5. The van der Waals surface area contributed by atoms with E-state index in [-0.39, 0.29) is 31.1 Å². The molecule has 0 N–H and O–H groups in total. The van der Waals surface area contributed by atoms with Crippen LogP contribution in [0.1, 0.15) is 297 Å². The summed E-state index contributed by atoms with van der Waals surface area (Å²) in [7, 11) is 0. The van der Waals surface area contributed by atoms with Crippen molar-refractivity contribution in [2.45, 2.75) is 303 Å². The van der Waals surface area contributed by atoms with Gasteiger partial charge in [-0.1, -0.05) is 249 Å². The van der Waals surface area contributed by atoms with E-state index < -0.39 is 6.10 Å². The van der Waals surface area contributed by atoms with Gasteiger partial charge in [0, 0.05) is 19.3 Å². The minimum absolute atomic E-state index is 0.0771. The van der Waals surface area contributed by atoms with E-state index in [1.807, 2.05) is 0 Å². The molecule has 6 nitrogen and oxygen atoms in total. The van der Waals surface area contributed by atoms with Gasteiger partial charge in [-0.25, -0.2) is 0 Å². The smallest absolute Gasteiger partial charge is 0.306 e. The molecule has 0 saturated carbocycles. The van der Waals surface area contributed by atoms with Crippen LogP contribution >= 0.6 is 0 Å². The zero-order valence-electron chi connectivity index (χ0n) is 44.0. The summed E-state index contributed by atoms with van der Waals surface area (Å²) in [6, 6.07) is 0. The molecule has 6 heteroatoms. The van der Waals surface area contributed by atoms with E-state index in [9.17, 15) is 14.4 Å². The quantitative estimate of drug-likeness (QED) is 0.0262. The van der Waals surface area contributed by atoms with Gasteiger partial charge < -0.3 is 14.2 Å². The highest BCUT2D eigenvalue weighted by Crippen LogP contribution is 2.16. The van der Waals surface area contributed by atoms with Crippen LogP contribution in [0, 0.1) is 0 Å². The molecule has 0 aliphatic carbocycles. The number of ether oxygens (including phenoxy) is 3. The Bertz CT molecular complexity index is 1150. The van der Waals surface area contributed by atoms with Crippen molar-refractivity contribution in [2.24, 2.45) is 0 Å². The zero-order valence-corrected chi connectivity index (χ0v) is 44.0. The highest BCUT2D eigenvalue weighted by atomic mass is 16.6. The Morgan fingerprint density at radius 2 is 0.576 bits per heavy atom. The molecule has 0 aliphatic rings. The van der Waals surface area contributed by atoms with Gasteiger partial charge in [0.05, 0.1) is 0 Å². The first-order valence-electron chi connectivity index (χ1n) is 28.6. The Kier molecular flexibility index (Phi) is 52.8. The van der Waals surface area contributed by atoms with Gasteiger partial charge >= 0.3 is 17.9 Å². The lowest BCUT2D eigenvalue weighted by Gasteiger charge is -2.18. The predicted molar refractivity (Wildman–Crippen MR) is 284 cm³/mol. The lowest BCUT2D eigenvalue weighted by atomic mass is 10.0. The fraction of sp³-hybridized carbons (Fsp3) is 0.817. The molecule has 0 heterocycles. The van der Waals surface area contributed by atoms with Crippen LogP contribution in [-0.4, -0.2) is 37.2 Å². The Morgan fingerprint density at radius 3 is 0.924 bits per heavy atom. The third-order valence-corrected chi connectivity index (χ3v) is 12.5. The van der Waals surface area contributed by atoms with Crippen LogP contribution < -0.4 is 0 Å². The van der Waals surface area contributed by atoms with Crippen molar-refractivity contribution in [3.63, 3.8) is 0 Å². The first-order valence-corrected chi connectivity index (χ1v) is 28.6. The third kappa shape index (κ3) is 52.3. The van der Waals surface area contributed by atoms with E-state index in [4.69, 9.17) is 14.2 Å². The van der Waals surface area contributed by atoms with Crippen molar-refractivity contribution in [2.75, 3.05) is 13.2 Å². The molecular formula is C60H108O6. The summed E-state index contributed by atoms with van der Waals surface area (Å²) in [6.07, 6.45) is 66.7. The first kappa shape index (κ1) is 63.4. The fourth-order valence-electron chi connectivity index (χ4n) is 8.22. The Labute approximate surface area is 409 Å². The molecule has 1 atom stereocenters. The van der Waals surface area contributed by atoms with Crippen LogP contribution in [0.5, 0.6) is 0 Å². The second-order valence-electron chi connectivity index (χ2n) is 19.2. The monoisotopic (exact) mass is 925 g/mol. The largest absolute Gasteiger partial charge is 0.462 e. The highest BCUT2D eigenvalue weighted by Gasteiger charge is 2.19. The standard InChI is InChI=1S/C60H108O6/c1-4-7-10-13-16-19-22-25-27-29-30-31-33-35-38-41-44-47-50-53-59(62)65-56-57(55-64-58(61)52-49-46-43-40-37-34-24-21-18-15-12-9-6-3)66-60(63)54-51-48-45-42-39-36-32-28-26-23-20-17-14-11-8-5-2/h12,15-16,19,21,24-25,27,57H,4-11,13-14,17-18,20,22-23,26,28-56H2,1-3H3/b15-12-,19-16-,24-21-,27-25-. The van der Waals surface area contributed by atoms with Gasteiger partial charge in [-0.2, -0.15) is 0 Å². The molecule has 0 radical (unpaired) electrons. The van der Waals surface area contributed by atoms with Crippen molar-refractivity contribution in [3.05, 3.63) is 48.6 Å². The summed E-state index contributed by atoms with van der Waals surface area (Å²) in [5.74, 6) is -0.881. The van der Waals surface area contributed by atoms with Crippen LogP contribution in [0.4, 0.5) is 0 Å². The summed E-state index contributed by atoms with van der Waals surface area (Å²) in [5.41, 5.74) is 0. The summed E-state index contributed by atoms with van der Waals surface area (Å²) in [4.78, 5) is 38.1. The third-order valence-electron chi connectivity index (χ3n) is 12.5. The number of rotatable bonds is 52. The molecular weight excluding hydrogens is 817 g/mol. The summed E-state index contributed by atoms with van der Waals surface area (Å²) < 4.78 is 16.9. The molecule has 66 heavy (non-hydrogen) atoms. The van der Waals surface area contributed by atoms with E-state index in [0.29, 0.717) is 19.3 Å². The molecule has 0 aromatic rings. The average molecular weight is 926 g/mol. The van der Waals surface area contributed by atoms with Gasteiger partial charge in [-0.15, -0.1) is 0 Å². The maximum atomic E-state index is 12.8. The minimum atomic E-state index is -0.778. The van der Waals surface area contributed by atoms with Gasteiger partial charge in [0.25, 0.3) is 0 Å². The zero-order chi connectivity index (χ0) is 47.9. The van der Waals surface area contributed by atoms with Crippen molar-refractivity contribution >= 4 is 17.9 Å². The predicted octanol–water partition coefficient (Wildman–Crippen LogP) is 19.0. The lowest BCUT2D eigenvalue weighted by molar-refractivity contribution is -0.167. The summed E-state index contributed by atoms with van der Waals surface area (Å²) in [5, 5.41) is 0. The van der Waals surface area contributed by atoms with E-state index in [1.165, 1.54) is 167 Å². The van der Waals surface area contributed by atoms with Gasteiger partial charge in [0.1, 0.15) is 13.2 Å². The second kappa shape index (κ2) is 55.0. The van der Waals surface area contributed by atoms with E-state index in [1.54, 1.807) is 0 Å². The Balaban J connectivity index is 4.34. The molecule has 0 aliphatic heterocycles. The van der Waals surface area contributed by atoms with Crippen molar-refractivity contribution < 1.29 is 28.6 Å². The molecule has 0 rings (SSSR count). The van der Waals surface area contributed by atoms with Gasteiger partial charge in [0.2, 0.25) is 0 Å². The fourth-order valence-corrected chi connectivity index (χ4v) is 8.22. The normalized spacial score (nSPS) is 12.3. The van der Waals surface area contributed by atoms with Gasteiger partial charge in [-0.05, 0) is 77.0 Å². The maximum absolute atomic E-state index is 12.8. The summed E-state index contributed by atoms with van der Waals surface area (Å²) >= 11 is 0. The van der Waals surface area contributed by atoms with Crippen molar-refractivity contribution in [1.82, 2.24) is 0 Å². The highest BCUT2D eigenvalue weighted by molar-refractivity contribution is 5.71. The van der Waals surface area contributed by atoms with Crippen LogP contribution in [0.2, 0.25) is 0 Å². The van der Waals surface area contributed by atoms with Crippen LogP contribution in [0.3, 0.4) is 0 Å². The average Bonchev–Trinajstić information content (AvgIpc) is 3.31. The summed E-state index contributed by atoms with van der Waals surface area (Å²) in [6.45, 7) is 6.57. The number of carbonyl (C=O) groups excluding carboxylic acids is 3. The van der Waals surface area contributed by atoms with E-state index >= 15 is 0 Å². The van der Waals surface area contributed by atoms with Crippen LogP contribution in [0.25, 0.3) is 0 Å². The number of allylic oxidation sites excluding steroid dienone is 8. The van der Waals surface area contributed by atoms with Crippen molar-refractivity contribution in [1.29, 1.82) is 0 Å². The maximum Gasteiger partial charge on any atom is 0.306 e. The molecule has 0 aromatic heterocycles. The molecule has 0 spiro atoms. The number of unbranched alkanes of at least 4 members (excludes halogenated alkanes) is 33. The minimum Gasteiger partial charge on any atom is -0.462 e. The Morgan fingerprint density at radius 1 is 0.303 bits per heavy atom. The molecule has 0 saturated heterocycles. The van der Waals surface area contributed by atoms with Crippen LogP contribution in [0.15, 0.2) is 48.6 Å². The topological polar surface area (TPSA) is 78.9 Å². The molecule has 0 amide bonds. The number of carbonyl (C=O) groups is 3. The lowest BCUT2D eigenvalue weighted by Crippen LogP contribution is -2.30. The number of hydrogen-bond donors (Lipinski definition) is 0. The second-order valence-corrected chi connectivity index (χ2v) is 19.2. The number of hydrogen-bond acceptors (Lipinski definition) is 6. The van der Waals surface area contributed by atoms with Gasteiger partial charge in [0.15, 0.2) is 6.10 Å². The molecule has 384 valence electrons. The Hall–Kier alpha value is -2.63. The molecule has 0 bridgehead atoms. The van der Waals surface area contributed by atoms with Gasteiger partial charge in [-0.3, -0.25) is 14.4 Å². The van der Waals surface area contributed by atoms with Crippen molar-refractivity contribution in [3.8, 4) is 0 Å². The van der Waals surface area contributed by atoms with Crippen LogP contribution in [-0.2, 0) is 28.6 Å². The number of esters is 3. The van der Waals surface area contributed by atoms with E-state index in [2.05, 4.69) is 69.4 Å².